The predicted octanol–water partition coefficient (Wildman–Crippen LogP) is 2.46. The Kier molecular flexibility index (Phi) is 4.10. The first-order valence-electron chi connectivity index (χ1n) is 7.20. The highest BCUT2D eigenvalue weighted by atomic mass is 127. The first-order valence-corrected chi connectivity index (χ1v) is 8.73. The van der Waals surface area contributed by atoms with Crippen LogP contribution in [0.1, 0.15) is 34.1 Å². The lowest BCUT2D eigenvalue weighted by Crippen LogP contribution is -2.39. The Balaban J connectivity index is 1.73. The van der Waals surface area contributed by atoms with E-state index in [9.17, 15) is 0 Å². The molecule has 3 heterocycles. The lowest BCUT2D eigenvalue weighted by atomic mass is 9.92. The zero-order chi connectivity index (χ0) is 14.5. The molecule has 116 valence electrons. The highest BCUT2D eigenvalue weighted by Crippen LogP contribution is 2.45. The van der Waals surface area contributed by atoms with E-state index in [1.165, 1.54) is 0 Å². The monoisotopic (exact) mass is 398 g/mol. The molecule has 0 amide bonds. The zero-order valence-electron chi connectivity index (χ0n) is 12.4. The number of hydrogen-bond acceptors (Lipinski definition) is 5. The van der Waals surface area contributed by atoms with Gasteiger partial charge >= 0.3 is 0 Å². The van der Waals surface area contributed by atoms with Gasteiger partial charge in [-0.05, 0) is 38.5 Å². The molecule has 3 fully saturated rings. The lowest BCUT2D eigenvalue weighted by Gasteiger charge is -2.28. The maximum atomic E-state index is 6.11. The first kappa shape index (κ1) is 15.4. The molecule has 0 aliphatic carbocycles. The predicted molar refractivity (Wildman–Crippen MR) is 80.6 cm³/mol. The van der Waals surface area contributed by atoms with Crippen LogP contribution in [0, 0.1) is 5.92 Å². The standard InChI is InChI=1S/C14H23IO5/c1-13(2)16-7-9(18-13)10-8(5-6-15)11-12(17-10)20-14(3,4)19-11/h8-12H,5-7H2,1-4H3/t8-,9-,10+,11-,12-/m1/s1. The van der Waals surface area contributed by atoms with Gasteiger partial charge in [0.05, 0.1) is 12.7 Å². The number of alkyl halides is 1. The van der Waals surface area contributed by atoms with E-state index in [2.05, 4.69) is 22.6 Å². The lowest BCUT2D eigenvalue weighted by molar-refractivity contribution is -0.227. The maximum Gasteiger partial charge on any atom is 0.187 e. The van der Waals surface area contributed by atoms with Crippen LogP contribution in [0.25, 0.3) is 0 Å². The SMILES string of the molecule is CC1(C)O[C@H]2O[C@H]([C@H]3COC(C)(C)O3)[C@@H](CCI)[C@H]2O1. The summed E-state index contributed by atoms with van der Waals surface area (Å²) >= 11 is 2.40. The topological polar surface area (TPSA) is 46.2 Å². The van der Waals surface area contributed by atoms with Gasteiger partial charge in [-0.3, -0.25) is 0 Å². The quantitative estimate of drug-likeness (QED) is 0.540. The molecule has 0 unspecified atom stereocenters. The van der Waals surface area contributed by atoms with E-state index in [4.69, 9.17) is 23.7 Å². The normalized spacial score (nSPS) is 45.8. The van der Waals surface area contributed by atoms with Crippen molar-refractivity contribution in [2.24, 2.45) is 5.92 Å². The van der Waals surface area contributed by atoms with Gasteiger partial charge in [0.25, 0.3) is 0 Å². The van der Waals surface area contributed by atoms with Gasteiger partial charge in [-0.15, -0.1) is 0 Å². The summed E-state index contributed by atoms with van der Waals surface area (Å²) in [5, 5.41) is 0. The van der Waals surface area contributed by atoms with Crippen molar-refractivity contribution in [3.05, 3.63) is 0 Å². The highest BCUT2D eigenvalue weighted by Gasteiger charge is 2.57. The molecule has 5 nitrogen and oxygen atoms in total. The van der Waals surface area contributed by atoms with Crippen molar-refractivity contribution in [2.75, 3.05) is 11.0 Å². The Morgan fingerprint density at radius 1 is 1.00 bits per heavy atom. The Bertz CT molecular complexity index is 373. The van der Waals surface area contributed by atoms with Gasteiger partial charge < -0.3 is 23.7 Å². The third kappa shape index (κ3) is 2.87. The molecular weight excluding hydrogens is 375 g/mol. The molecule has 5 atom stereocenters. The fourth-order valence-electron chi connectivity index (χ4n) is 3.29. The second-order valence-corrected chi connectivity index (χ2v) is 7.66. The number of hydrogen-bond donors (Lipinski definition) is 0. The van der Waals surface area contributed by atoms with E-state index in [-0.39, 0.29) is 24.6 Å². The van der Waals surface area contributed by atoms with Crippen molar-refractivity contribution in [1.29, 1.82) is 0 Å². The molecule has 20 heavy (non-hydrogen) atoms. The van der Waals surface area contributed by atoms with Gasteiger partial charge in [-0.25, -0.2) is 0 Å². The molecule has 3 aliphatic heterocycles. The summed E-state index contributed by atoms with van der Waals surface area (Å²) in [5.74, 6) is -0.793. The minimum absolute atomic E-state index is 0.00271. The Labute approximate surface area is 133 Å². The minimum atomic E-state index is -0.559. The van der Waals surface area contributed by atoms with Crippen LogP contribution in [-0.4, -0.2) is 47.2 Å². The van der Waals surface area contributed by atoms with E-state index >= 15 is 0 Å². The molecule has 3 rings (SSSR count). The van der Waals surface area contributed by atoms with Crippen molar-refractivity contribution in [3.8, 4) is 0 Å². The molecule has 0 bridgehead atoms. The van der Waals surface area contributed by atoms with E-state index in [1.54, 1.807) is 0 Å². The minimum Gasteiger partial charge on any atom is -0.348 e. The van der Waals surface area contributed by atoms with Gasteiger partial charge in [0.15, 0.2) is 17.9 Å². The average Bonchev–Trinajstić information content (AvgIpc) is 2.91. The Morgan fingerprint density at radius 3 is 2.35 bits per heavy atom. The molecule has 0 aromatic heterocycles. The molecule has 0 aromatic carbocycles. The number of rotatable bonds is 3. The zero-order valence-corrected chi connectivity index (χ0v) is 14.6. The first-order chi connectivity index (χ1) is 9.31. The molecule has 0 N–H and O–H groups in total. The average molecular weight is 398 g/mol. The van der Waals surface area contributed by atoms with Crippen LogP contribution in [0.4, 0.5) is 0 Å². The smallest absolute Gasteiger partial charge is 0.187 e. The Morgan fingerprint density at radius 2 is 1.75 bits per heavy atom. The van der Waals surface area contributed by atoms with Crippen molar-refractivity contribution < 1.29 is 23.7 Å². The number of halogens is 1. The van der Waals surface area contributed by atoms with Crippen LogP contribution in [0.5, 0.6) is 0 Å². The van der Waals surface area contributed by atoms with Crippen molar-refractivity contribution in [3.63, 3.8) is 0 Å². The number of fused-ring (bicyclic) bond motifs is 1. The molecule has 3 saturated heterocycles. The summed E-state index contributed by atoms with van der Waals surface area (Å²) in [7, 11) is 0. The summed E-state index contributed by atoms with van der Waals surface area (Å²) in [6.45, 7) is 8.31. The molecule has 0 aromatic rings. The van der Waals surface area contributed by atoms with Crippen LogP contribution in [-0.2, 0) is 23.7 Å². The summed E-state index contributed by atoms with van der Waals surface area (Å²) in [4.78, 5) is 0. The van der Waals surface area contributed by atoms with Crippen molar-refractivity contribution in [1.82, 2.24) is 0 Å². The molecule has 3 aliphatic rings. The largest absolute Gasteiger partial charge is 0.348 e. The van der Waals surface area contributed by atoms with Crippen LogP contribution >= 0.6 is 22.6 Å². The molecule has 6 heteroatoms. The fraction of sp³-hybridized carbons (Fsp3) is 1.00. The van der Waals surface area contributed by atoms with Gasteiger partial charge in [0, 0.05) is 5.92 Å². The second kappa shape index (κ2) is 5.31. The molecule has 0 saturated carbocycles. The van der Waals surface area contributed by atoms with Crippen LogP contribution in [0.2, 0.25) is 0 Å². The fourth-order valence-corrected chi connectivity index (χ4v) is 4.01. The molecule has 0 radical (unpaired) electrons. The van der Waals surface area contributed by atoms with Crippen LogP contribution in [0.3, 0.4) is 0 Å². The summed E-state index contributed by atoms with van der Waals surface area (Å²) in [5.41, 5.74) is 0. The van der Waals surface area contributed by atoms with E-state index in [0.717, 1.165) is 10.8 Å². The van der Waals surface area contributed by atoms with E-state index in [1.807, 2.05) is 27.7 Å². The summed E-state index contributed by atoms with van der Waals surface area (Å²) in [6, 6.07) is 0. The summed E-state index contributed by atoms with van der Waals surface area (Å²) < 4.78 is 30.7. The van der Waals surface area contributed by atoms with Gasteiger partial charge in [0.1, 0.15) is 12.2 Å². The second-order valence-electron chi connectivity index (χ2n) is 6.58. The van der Waals surface area contributed by atoms with Gasteiger partial charge in [0.2, 0.25) is 0 Å². The van der Waals surface area contributed by atoms with Crippen LogP contribution in [0.15, 0.2) is 0 Å². The van der Waals surface area contributed by atoms with E-state index in [0.29, 0.717) is 12.5 Å². The van der Waals surface area contributed by atoms with Gasteiger partial charge in [-0.1, -0.05) is 22.6 Å². The Hall–Kier alpha value is 0.530. The van der Waals surface area contributed by atoms with Gasteiger partial charge in [-0.2, -0.15) is 0 Å². The van der Waals surface area contributed by atoms with E-state index < -0.39 is 11.6 Å². The highest BCUT2D eigenvalue weighted by molar-refractivity contribution is 14.1. The number of ether oxygens (including phenoxy) is 5. The summed E-state index contributed by atoms with van der Waals surface area (Å²) in [6.07, 6.45) is 0.690. The molecule has 0 spiro atoms. The van der Waals surface area contributed by atoms with Crippen LogP contribution < -0.4 is 0 Å². The van der Waals surface area contributed by atoms with Crippen molar-refractivity contribution >= 4 is 22.6 Å². The molecular formula is C14H23IO5. The maximum absolute atomic E-state index is 6.11. The third-order valence-corrected chi connectivity index (χ3v) is 4.69. The third-order valence-electron chi connectivity index (χ3n) is 4.06. The van der Waals surface area contributed by atoms with Crippen molar-refractivity contribution in [2.45, 2.75) is 70.3 Å².